The summed E-state index contributed by atoms with van der Waals surface area (Å²) >= 11 is 0. The Hall–Kier alpha value is -0.120. The normalized spacial score (nSPS) is 24.4. The molecular weight excluding hydrogens is 188 g/mol. The van der Waals surface area contributed by atoms with Crippen molar-refractivity contribution in [2.24, 2.45) is 0 Å². The van der Waals surface area contributed by atoms with Crippen molar-refractivity contribution in [2.45, 2.75) is 45.3 Å². The van der Waals surface area contributed by atoms with Crippen LogP contribution >= 0.6 is 0 Å². The van der Waals surface area contributed by atoms with Crippen molar-refractivity contribution in [3.05, 3.63) is 0 Å². The number of rotatable bonds is 5. The predicted molar refractivity (Wildman–Crippen MR) is 64.2 cm³/mol. The highest BCUT2D eigenvalue weighted by Crippen LogP contribution is 2.13. The molecule has 1 heterocycles. The van der Waals surface area contributed by atoms with Crippen molar-refractivity contribution in [2.75, 3.05) is 33.3 Å². The fraction of sp³-hybridized carbons (Fsp3) is 1.00. The highest BCUT2D eigenvalue weighted by atomic mass is 16.5. The number of ether oxygens (including phenoxy) is 1. The fourth-order valence-corrected chi connectivity index (χ4v) is 2.18. The van der Waals surface area contributed by atoms with E-state index in [0.717, 1.165) is 19.6 Å². The van der Waals surface area contributed by atoms with Crippen LogP contribution in [0.2, 0.25) is 0 Å². The van der Waals surface area contributed by atoms with E-state index in [9.17, 15) is 0 Å². The zero-order valence-electron chi connectivity index (χ0n) is 10.7. The van der Waals surface area contributed by atoms with Gasteiger partial charge in [0.25, 0.3) is 0 Å². The van der Waals surface area contributed by atoms with Crippen molar-refractivity contribution >= 4 is 0 Å². The summed E-state index contributed by atoms with van der Waals surface area (Å²) in [4.78, 5) is 2.51. The van der Waals surface area contributed by atoms with E-state index in [2.05, 4.69) is 31.0 Å². The molecule has 0 radical (unpaired) electrons. The summed E-state index contributed by atoms with van der Waals surface area (Å²) in [6.07, 6.45) is 2.54. The van der Waals surface area contributed by atoms with Gasteiger partial charge >= 0.3 is 0 Å². The minimum atomic E-state index is -0.0197. The van der Waals surface area contributed by atoms with E-state index in [0.29, 0.717) is 6.04 Å². The zero-order valence-corrected chi connectivity index (χ0v) is 10.7. The highest BCUT2D eigenvalue weighted by Gasteiger charge is 2.25. The van der Waals surface area contributed by atoms with Crippen LogP contribution in [-0.2, 0) is 4.74 Å². The Labute approximate surface area is 94.2 Å². The van der Waals surface area contributed by atoms with Crippen molar-refractivity contribution in [1.82, 2.24) is 10.2 Å². The first-order valence-electron chi connectivity index (χ1n) is 6.08. The second kappa shape index (κ2) is 5.83. The summed E-state index contributed by atoms with van der Waals surface area (Å²) < 4.78 is 5.47. The summed E-state index contributed by atoms with van der Waals surface area (Å²) in [5.74, 6) is 0. The van der Waals surface area contributed by atoms with Gasteiger partial charge in [0.2, 0.25) is 0 Å². The molecule has 1 atom stereocenters. The maximum atomic E-state index is 5.47. The molecule has 0 spiro atoms. The lowest BCUT2D eigenvalue weighted by molar-refractivity contribution is -0.0135. The summed E-state index contributed by atoms with van der Waals surface area (Å²) in [6.45, 7) is 11.0. The van der Waals surface area contributed by atoms with Crippen LogP contribution in [0.4, 0.5) is 0 Å². The number of nitrogens with one attached hydrogen (secondary N) is 1. The maximum Gasteiger partial charge on any atom is 0.0749 e. The number of hydrogen-bond donors (Lipinski definition) is 1. The molecule has 15 heavy (non-hydrogen) atoms. The van der Waals surface area contributed by atoms with Gasteiger partial charge in [-0.15, -0.1) is 0 Å². The van der Waals surface area contributed by atoms with E-state index < -0.39 is 0 Å². The molecule has 0 bridgehead atoms. The molecule has 3 heteroatoms. The SMILES string of the molecule is CCCC1CN(CC(C)(C)OC)CCN1. The van der Waals surface area contributed by atoms with Gasteiger partial charge in [-0.3, -0.25) is 4.90 Å². The van der Waals surface area contributed by atoms with E-state index in [1.165, 1.54) is 19.4 Å². The number of hydrogen-bond acceptors (Lipinski definition) is 3. The van der Waals surface area contributed by atoms with Crippen molar-refractivity contribution in [3.63, 3.8) is 0 Å². The number of methoxy groups -OCH3 is 1. The number of piperazine rings is 1. The molecule has 0 aromatic rings. The van der Waals surface area contributed by atoms with Crippen LogP contribution in [0.3, 0.4) is 0 Å². The molecule has 1 aliphatic heterocycles. The van der Waals surface area contributed by atoms with Crippen LogP contribution in [0.5, 0.6) is 0 Å². The van der Waals surface area contributed by atoms with E-state index in [1.807, 2.05) is 0 Å². The molecule has 0 aromatic heterocycles. The molecule has 1 N–H and O–H groups in total. The standard InChI is InChI=1S/C12H26N2O/c1-5-6-11-9-14(8-7-13-11)10-12(2,3)15-4/h11,13H,5-10H2,1-4H3. The van der Waals surface area contributed by atoms with Crippen molar-refractivity contribution in [3.8, 4) is 0 Å². The summed E-state index contributed by atoms with van der Waals surface area (Å²) in [5.41, 5.74) is -0.0197. The minimum Gasteiger partial charge on any atom is -0.377 e. The fourth-order valence-electron chi connectivity index (χ4n) is 2.18. The largest absolute Gasteiger partial charge is 0.377 e. The van der Waals surface area contributed by atoms with Gasteiger partial charge in [0.15, 0.2) is 0 Å². The summed E-state index contributed by atoms with van der Waals surface area (Å²) in [5, 5.41) is 3.57. The van der Waals surface area contributed by atoms with Gasteiger partial charge in [0.1, 0.15) is 0 Å². The van der Waals surface area contributed by atoms with Crippen LogP contribution in [0, 0.1) is 0 Å². The van der Waals surface area contributed by atoms with Gasteiger partial charge in [-0.25, -0.2) is 0 Å². The molecule has 0 saturated carbocycles. The Balaban J connectivity index is 2.36. The monoisotopic (exact) mass is 214 g/mol. The molecule has 1 rings (SSSR count). The first-order chi connectivity index (χ1) is 7.07. The van der Waals surface area contributed by atoms with Gasteiger partial charge in [0.05, 0.1) is 5.60 Å². The van der Waals surface area contributed by atoms with E-state index in [4.69, 9.17) is 4.74 Å². The highest BCUT2D eigenvalue weighted by molar-refractivity contribution is 4.82. The minimum absolute atomic E-state index is 0.0197. The van der Waals surface area contributed by atoms with Gasteiger partial charge in [-0.2, -0.15) is 0 Å². The third-order valence-corrected chi connectivity index (χ3v) is 3.13. The average Bonchev–Trinajstić information content (AvgIpc) is 2.18. The topological polar surface area (TPSA) is 24.5 Å². The first-order valence-corrected chi connectivity index (χ1v) is 6.08. The lowest BCUT2D eigenvalue weighted by Gasteiger charge is -2.38. The Kier molecular flexibility index (Phi) is 5.03. The molecule has 0 amide bonds. The summed E-state index contributed by atoms with van der Waals surface area (Å²) in [6, 6.07) is 0.677. The van der Waals surface area contributed by atoms with E-state index >= 15 is 0 Å². The first kappa shape index (κ1) is 12.9. The summed E-state index contributed by atoms with van der Waals surface area (Å²) in [7, 11) is 1.80. The van der Waals surface area contributed by atoms with Gasteiger partial charge in [0, 0.05) is 39.3 Å². The third kappa shape index (κ3) is 4.49. The molecule has 1 unspecified atom stereocenters. The molecule has 0 aliphatic carbocycles. The molecule has 1 fully saturated rings. The van der Waals surface area contributed by atoms with Crippen LogP contribution in [0.25, 0.3) is 0 Å². The van der Waals surface area contributed by atoms with Crippen LogP contribution < -0.4 is 5.32 Å². The van der Waals surface area contributed by atoms with Crippen LogP contribution in [0.1, 0.15) is 33.6 Å². The average molecular weight is 214 g/mol. The lowest BCUT2D eigenvalue weighted by Crippen LogP contribution is -2.54. The van der Waals surface area contributed by atoms with Gasteiger partial charge < -0.3 is 10.1 Å². The molecule has 3 nitrogen and oxygen atoms in total. The van der Waals surface area contributed by atoms with Crippen molar-refractivity contribution < 1.29 is 4.74 Å². The van der Waals surface area contributed by atoms with Gasteiger partial charge in [-0.1, -0.05) is 13.3 Å². The smallest absolute Gasteiger partial charge is 0.0749 e. The molecule has 0 aromatic carbocycles. The Morgan fingerprint density at radius 3 is 2.80 bits per heavy atom. The molecular formula is C12H26N2O. The predicted octanol–water partition coefficient (Wildman–Crippen LogP) is 1.49. The van der Waals surface area contributed by atoms with E-state index in [1.54, 1.807) is 7.11 Å². The zero-order chi connectivity index (χ0) is 11.3. The van der Waals surface area contributed by atoms with Crippen molar-refractivity contribution in [1.29, 1.82) is 0 Å². The Morgan fingerprint density at radius 1 is 1.47 bits per heavy atom. The molecule has 1 aliphatic rings. The van der Waals surface area contributed by atoms with Crippen LogP contribution in [-0.4, -0.2) is 49.8 Å². The quantitative estimate of drug-likeness (QED) is 0.750. The second-order valence-electron chi connectivity index (χ2n) is 5.14. The van der Waals surface area contributed by atoms with E-state index in [-0.39, 0.29) is 5.60 Å². The Bertz CT molecular complexity index is 180. The van der Waals surface area contributed by atoms with Gasteiger partial charge in [-0.05, 0) is 20.3 Å². The van der Waals surface area contributed by atoms with Crippen LogP contribution in [0.15, 0.2) is 0 Å². The molecule has 90 valence electrons. The third-order valence-electron chi connectivity index (χ3n) is 3.13. The lowest BCUT2D eigenvalue weighted by atomic mass is 10.1. The maximum absolute atomic E-state index is 5.47. The second-order valence-corrected chi connectivity index (χ2v) is 5.14. The number of nitrogens with zero attached hydrogens (tertiary/aromatic N) is 1. The Morgan fingerprint density at radius 2 is 2.20 bits per heavy atom. The molecule has 1 saturated heterocycles.